The van der Waals surface area contributed by atoms with Gasteiger partial charge in [0.15, 0.2) is 0 Å². The van der Waals surface area contributed by atoms with Crippen molar-refractivity contribution < 1.29 is 28.2 Å². The first-order valence-electron chi connectivity index (χ1n) is 8.76. The van der Waals surface area contributed by atoms with Crippen molar-refractivity contribution in [2.45, 2.75) is 18.7 Å². The van der Waals surface area contributed by atoms with Crippen LogP contribution < -0.4 is 5.32 Å². The standard InChI is InChI=1S/C20H19ClF3N3O3/c21-15-3-1-2-4-16(15)27-17(9-18(25)20(22,23)24)12-5-7-13(8-6-12)19(30)26-10-14(29)11-28/h1-8,14,25,28-29H,9-11H2,(H,26,30). The fourth-order valence-corrected chi connectivity index (χ4v) is 2.53. The second-order valence-corrected chi connectivity index (χ2v) is 6.69. The second kappa shape index (κ2) is 10.3. The number of aliphatic hydroxyl groups is 2. The molecule has 0 radical (unpaired) electrons. The van der Waals surface area contributed by atoms with E-state index in [4.69, 9.17) is 22.1 Å². The lowest BCUT2D eigenvalue weighted by Gasteiger charge is -2.13. The smallest absolute Gasteiger partial charge is 0.394 e. The van der Waals surface area contributed by atoms with Crippen LogP contribution in [-0.2, 0) is 0 Å². The van der Waals surface area contributed by atoms with E-state index in [1.54, 1.807) is 18.2 Å². The molecule has 0 saturated carbocycles. The maximum Gasteiger partial charge on any atom is 0.429 e. The molecular weight excluding hydrogens is 423 g/mol. The molecule has 4 N–H and O–H groups in total. The van der Waals surface area contributed by atoms with Crippen molar-refractivity contribution in [2.75, 3.05) is 13.2 Å². The Bertz CT molecular complexity index is 931. The third kappa shape index (κ3) is 6.65. The van der Waals surface area contributed by atoms with Crippen LogP contribution in [0.4, 0.5) is 18.9 Å². The molecule has 1 atom stereocenters. The summed E-state index contributed by atoms with van der Waals surface area (Å²) in [6.07, 6.45) is -6.67. The van der Waals surface area contributed by atoms with Crippen molar-refractivity contribution in [3.05, 3.63) is 64.7 Å². The van der Waals surface area contributed by atoms with Gasteiger partial charge in [0.1, 0.15) is 5.71 Å². The van der Waals surface area contributed by atoms with E-state index in [0.717, 1.165) is 0 Å². The summed E-state index contributed by atoms with van der Waals surface area (Å²) in [7, 11) is 0. The molecule has 1 amide bonds. The number of aliphatic imine (C=N–C) groups is 1. The zero-order valence-electron chi connectivity index (χ0n) is 15.6. The highest BCUT2D eigenvalue weighted by atomic mass is 35.5. The third-order valence-corrected chi connectivity index (χ3v) is 4.30. The van der Waals surface area contributed by atoms with E-state index in [-0.39, 0.29) is 34.1 Å². The lowest BCUT2D eigenvalue weighted by molar-refractivity contribution is -0.0605. The fraction of sp³-hybridized carbons (Fsp3) is 0.250. The highest BCUT2D eigenvalue weighted by Gasteiger charge is 2.35. The van der Waals surface area contributed by atoms with Crippen LogP contribution in [0.5, 0.6) is 0 Å². The Kier molecular flexibility index (Phi) is 8.10. The Hall–Kier alpha value is -2.75. The van der Waals surface area contributed by atoms with Gasteiger partial charge < -0.3 is 20.9 Å². The first-order chi connectivity index (χ1) is 14.1. The number of amides is 1. The highest BCUT2D eigenvalue weighted by Crippen LogP contribution is 2.27. The van der Waals surface area contributed by atoms with Gasteiger partial charge in [-0.15, -0.1) is 0 Å². The molecule has 1 unspecified atom stereocenters. The Labute approximate surface area is 175 Å². The number of nitrogens with one attached hydrogen (secondary N) is 2. The van der Waals surface area contributed by atoms with Gasteiger partial charge in [-0.1, -0.05) is 35.9 Å². The zero-order chi connectivity index (χ0) is 22.3. The summed E-state index contributed by atoms with van der Waals surface area (Å²) in [5.41, 5.74) is -0.757. The van der Waals surface area contributed by atoms with Crippen LogP contribution in [-0.4, -0.2) is 53.0 Å². The Morgan fingerprint density at radius 1 is 1.13 bits per heavy atom. The van der Waals surface area contributed by atoms with Crippen LogP contribution in [0, 0.1) is 5.41 Å². The number of aliphatic hydroxyl groups excluding tert-OH is 2. The molecule has 2 aromatic rings. The second-order valence-electron chi connectivity index (χ2n) is 6.29. The maximum absolute atomic E-state index is 12.9. The maximum atomic E-state index is 12.9. The summed E-state index contributed by atoms with van der Waals surface area (Å²) in [6.45, 7) is -0.661. The molecule has 6 nitrogen and oxygen atoms in total. The molecule has 0 bridgehead atoms. The van der Waals surface area contributed by atoms with Gasteiger partial charge in [0.05, 0.1) is 29.1 Å². The molecule has 0 aliphatic heterocycles. The van der Waals surface area contributed by atoms with E-state index in [2.05, 4.69) is 10.3 Å². The van der Waals surface area contributed by atoms with Crippen LogP contribution >= 0.6 is 11.6 Å². The highest BCUT2D eigenvalue weighted by molar-refractivity contribution is 6.33. The number of alkyl halides is 3. The molecule has 160 valence electrons. The van der Waals surface area contributed by atoms with Crippen LogP contribution in [0.3, 0.4) is 0 Å². The van der Waals surface area contributed by atoms with E-state index in [9.17, 15) is 23.1 Å². The molecule has 2 rings (SSSR count). The lowest BCUT2D eigenvalue weighted by Crippen LogP contribution is -2.33. The van der Waals surface area contributed by atoms with Gasteiger partial charge in [-0.05, 0) is 29.8 Å². The average molecular weight is 442 g/mol. The molecule has 2 aromatic carbocycles. The van der Waals surface area contributed by atoms with E-state index in [1.165, 1.54) is 30.3 Å². The van der Waals surface area contributed by atoms with Crippen molar-refractivity contribution in [1.29, 1.82) is 5.41 Å². The molecular formula is C20H19ClF3N3O3. The Balaban J connectivity index is 2.31. The number of para-hydroxylation sites is 1. The van der Waals surface area contributed by atoms with E-state index >= 15 is 0 Å². The van der Waals surface area contributed by atoms with Gasteiger partial charge in [-0.3, -0.25) is 9.79 Å². The van der Waals surface area contributed by atoms with Crippen LogP contribution in [0.15, 0.2) is 53.5 Å². The minimum absolute atomic E-state index is 0.0342. The number of carbonyl (C=O) groups is 1. The predicted octanol–water partition coefficient (Wildman–Crippen LogP) is 3.52. The molecule has 0 heterocycles. The summed E-state index contributed by atoms with van der Waals surface area (Å²) in [5.74, 6) is -0.526. The molecule has 0 saturated heterocycles. The number of nitrogens with zero attached hydrogens (tertiary/aromatic N) is 1. The molecule has 30 heavy (non-hydrogen) atoms. The quantitative estimate of drug-likeness (QED) is 0.471. The fourth-order valence-electron chi connectivity index (χ4n) is 2.35. The number of carbonyl (C=O) groups excluding carboxylic acids is 1. The number of hydrogen-bond acceptors (Lipinski definition) is 5. The number of halogens is 4. The zero-order valence-corrected chi connectivity index (χ0v) is 16.3. The first kappa shape index (κ1) is 23.5. The topological polar surface area (TPSA) is 106 Å². The largest absolute Gasteiger partial charge is 0.429 e. The van der Waals surface area contributed by atoms with Crippen molar-refractivity contribution >= 4 is 34.6 Å². The summed E-state index contributed by atoms with van der Waals surface area (Å²) >= 11 is 6.05. The van der Waals surface area contributed by atoms with E-state index in [0.29, 0.717) is 0 Å². The summed E-state index contributed by atoms with van der Waals surface area (Å²) in [4.78, 5) is 16.3. The molecule has 0 aliphatic carbocycles. The van der Waals surface area contributed by atoms with Crippen LogP contribution in [0.2, 0.25) is 5.02 Å². The lowest BCUT2D eigenvalue weighted by atomic mass is 10.0. The molecule has 0 spiro atoms. The van der Waals surface area contributed by atoms with Crippen molar-refractivity contribution in [1.82, 2.24) is 5.32 Å². The minimum Gasteiger partial charge on any atom is -0.394 e. The van der Waals surface area contributed by atoms with Gasteiger partial charge in [0.2, 0.25) is 0 Å². The minimum atomic E-state index is -4.80. The third-order valence-electron chi connectivity index (χ3n) is 3.98. The van der Waals surface area contributed by atoms with Crippen LogP contribution in [0.25, 0.3) is 0 Å². The number of hydrogen-bond donors (Lipinski definition) is 4. The summed E-state index contributed by atoms with van der Waals surface area (Å²) in [6, 6.07) is 12.0. The van der Waals surface area contributed by atoms with Gasteiger partial charge >= 0.3 is 6.18 Å². The molecule has 0 fully saturated rings. The van der Waals surface area contributed by atoms with Gasteiger partial charge in [0, 0.05) is 18.5 Å². The van der Waals surface area contributed by atoms with E-state index < -0.39 is 36.9 Å². The van der Waals surface area contributed by atoms with Crippen molar-refractivity contribution in [3.63, 3.8) is 0 Å². The van der Waals surface area contributed by atoms with Gasteiger partial charge in [0.25, 0.3) is 5.91 Å². The van der Waals surface area contributed by atoms with Gasteiger partial charge in [-0.2, -0.15) is 13.2 Å². The number of benzene rings is 2. The van der Waals surface area contributed by atoms with Crippen molar-refractivity contribution in [3.8, 4) is 0 Å². The van der Waals surface area contributed by atoms with Crippen molar-refractivity contribution in [2.24, 2.45) is 4.99 Å². The van der Waals surface area contributed by atoms with Gasteiger partial charge in [-0.25, -0.2) is 0 Å². The predicted molar refractivity (Wildman–Crippen MR) is 108 cm³/mol. The molecule has 0 aromatic heterocycles. The monoisotopic (exact) mass is 441 g/mol. The number of rotatable bonds is 8. The molecule has 10 heteroatoms. The van der Waals surface area contributed by atoms with Crippen LogP contribution in [0.1, 0.15) is 22.3 Å². The Morgan fingerprint density at radius 3 is 2.30 bits per heavy atom. The summed E-state index contributed by atoms with van der Waals surface area (Å²) < 4.78 is 38.7. The SMILES string of the molecule is N=C(CC(=Nc1ccccc1Cl)c1ccc(C(=O)NCC(O)CO)cc1)C(F)(F)F. The average Bonchev–Trinajstić information content (AvgIpc) is 2.72. The Morgan fingerprint density at radius 2 is 1.73 bits per heavy atom. The normalized spacial score (nSPS) is 13.1. The first-order valence-corrected chi connectivity index (χ1v) is 9.14. The molecule has 0 aliphatic rings. The summed E-state index contributed by atoms with van der Waals surface area (Å²) in [5, 5.41) is 28.0. The van der Waals surface area contributed by atoms with E-state index in [1.807, 2.05) is 0 Å².